The van der Waals surface area contributed by atoms with E-state index in [4.69, 9.17) is 4.74 Å². The SMILES string of the molecule is CN(C)C(=O)CN=C(NCc1cccs1)NC1CCN(C(=O)OC(C)(C)C)C1. The fourth-order valence-electron chi connectivity index (χ4n) is 2.59. The molecule has 0 bridgehead atoms. The van der Waals surface area contributed by atoms with Gasteiger partial charge < -0.3 is 25.2 Å². The van der Waals surface area contributed by atoms with Crippen LogP contribution in [-0.4, -0.2) is 73.1 Å². The number of carbonyl (C=O) groups is 2. The van der Waals surface area contributed by atoms with E-state index >= 15 is 0 Å². The van der Waals surface area contributed by atoms with E-state index in [2.05, 4.69) is 15.6 Å². The molecule has 1 fully saturated rings. The quantitative estimate of drug-likeness (QED) is 0.573. The van der Waals surface area contributed by atoms with Crippen LogP contribution in [0.2, 0.25) is 0 Å². The van der Waals surface area contributed by atoms with E-state index in [1.165, 1.54) is 9.78 Å². The molecule has 0 saturated carbocycles. The Bertz CT molecular complexity index is 682. The summed E-state index contributed by atoms with van der Waals surface area (Å²) in [7, 11) is 3.42. The molecule has 1 aromatic heterocycles. The van der Waals surface area contributed by atoms with Crippen molar-refractivity contribution in [2.75, 3.05) is 33.7 Å². The number of carbonyl (C=O) groups excluding carboxylic acids is 2. The molecular weight excluding hydrogens is 378 g/mol. The lowest BCUT2D eigenvalue weighted by Gasteiger charge is -2.24. The van der Waals surface area contributed by atoms with Crippen LogP contribution in [0.1, 0.15) is 32.1 Å². The van der Waals surface area contributed by atoms with E-state index in [-0.39, 0.29) is 24.6 Å². The number of ether oxygens (including phenoxy) is 1. The van der Waals surface area contributed by atoms with E-state index in [1.807, 2.05) is 38.3 Å². The van der Waals surface area contributed by atoms with Crippen molar-refractivity contribution in [3.05, 3.63) is 22.4 Å². The van der Waals surface area contributed by atoms with Crippen LogP contribution >= 0.6 is 11.3 Å². The highest BCUT2D eigenvalue weighted by atomic mass is 32.1. The summed E-state index contributed by atoms with van der Waals surface area (Å²) in [6.45, 7) is 7.43. The molecule has 2 rings (SSSR count). The average Bonchev–Trinajstić information content (AvgIpc) is 3.27. The third kappa shape index (κ3) is 7.38. The van der Waals surface area contributed by atoms with Gasteiger partial charge in [-0.25, -0.2) is 9.79 Å². The summed E-state index contributed by atoms with van der Waals surface area (Å²) in [6.07, 6.45) is 0.491. The number of hydrogen-bond donors (Lipinski definition) is 2. The van der Waals surface area contributed by atoms with Gasteiger partial charge in [0.1, 0.15) is 12.1 Å². The summed E-state index contributed by atoms with van der Waals surface area (Å²) in [5.74, 6) is 0.499. The van der Waals surface area contributed by atoms with Crippen molar-refractivity contribution in [3.63, 3.8) is 0 Å². The predicted molar refractivity (Wildman–Crippen MR) is 112 cm³/mol. The molecule has 156 valence electrons. The minimum absolute atomic E-state index is 0.0524. The molecule has 0 spiro atoms. The first-order valence-corrected chi connectivity index (χ1v) is 10.3. The van der Waals surface area contributed by atoms with Gasteiger partial charge in [0, 0.05) is 38.1 Å². The molecular formula is C19H31N5O3S. The Morgan fingerprint density at radius 3 is 2.75 bits per heavy atom. The topological polar surface area (TPSA) is 86.3 Å². The summed E-state index contributed by atoms with van der Waals surface area (Å²) in [5, 5.41) is 8.63. The second-order valence-corrected chi connectivity index (χ2v) is 8.97. The Morgan fingerprint density at radius 1 is 1.39 bits per heavy atom. The molecule has 8 nitrogen and oxygen atoms in total. The number of aliphatic imine (C=N–C) groups is 1. The van der Waals surface area contributed by atoms with Crippen LogP contribution in [0.25, 0.3) is 0 Å². The van der Waals surface area contributed by atoms with Crippen LogP contribution in [0.15, 0.2) is 22.5 Å². The fraction of sp³-hybridized carbons (Fsp3) is 0.632. The van der Waals surface area contributed by atoms with E-state index in [0.717, 1.165) is 6.42 Å². The number of nitrogens with zero attached hydrogens (tertiary/aromatic N) is 3. The maximum Gasteiger partial charge on any atom is 0.410 e. The predicted octanol–water partition coefficient (Wildman–Crippen LogP) is 1.88. The fourth-order valence-corrected chi connectivity index (χ4v) is 3.23. The molecule has 1 unspecified atom stereocenters. The molecule has 2 N–H and O–H groups in total. The smallest absolute Gasteiger partial charge is 0.410 e. The summed E-state index contributed by atoms with van der Waals surface area (Å²) in [5.41, 5.74) is -0.510. The summed E-state index contributed by atoms with van der Waals surface area (Å²) in [6, 6.07) is 4.09. The number of guanidine groups is 1. The van der Waals surface area contributed by atoms with Crippen molar-refractivity contribution in [1.82, 2.24) is 20.4 Å². The first kappa shape index (κ1) is 22.0. The van der Waals surface area contributed by atoms with Gasteiger partial charge in [-0.3, -0.25) is 4.79 Å². The van der Waals surface area contributed by atoms with Gasteiger partial charge >= 0.3 is 6.09 Å². The van der Waals surface area contributed by atoms with E-state index in [9.17, 15) is 9.59 Å². The molecule has 0 aromatic carbocycles. The first-order valence-electron chi connectivity index (χ1n) is 9.39. The van der Waals surface area contributed by atoms with Crippen LogP contribution in [0, 0.1) is 0 Å². The molecule has 0 radical (unpaired) electrons. The summed E-state index contributed by atoms with van der Waals surface area (Å²) in [4.78, 5) is 32.9. The zero-order valence-electron chi connectivity index (χ0n) is 17.3. The Balaban J connectivity index is 1.94. The van der Waals surface area contributed by atoms with Crippen molar-refractivity contribution in [1.29, 1.82) is 0 Å². The Labute approximate surface area is 170 Å². The number of likely N-dealkylation sites (N-methyl/N-ethyl adjacent to an activating group) is 1. The van der Waals surface area contributed by atoms with Crippen molar-refractivity contribution in [2.45, 2.75) is 45.4 Å². The van der Waals surface area contributed by atoms with Crippen LogP contribution in [0.5, 0.6) is 0 Å². The minimum atomic E-state index is -0.510. The molecule has 9 heteroatoms. The lowest BCUT2D eigenvalue weighted by molar-refractivity contribution is -0.127. The zero-order chi connectivity index (χ0) is 20.7. The first-order chi connectivity index (χ1) is 13.1. The average molecular weight is 410 g/mol. The molecule has 1 aliphatic rings. The monoisotopic (exact) mass is 409 g/mol. The number of likely N-dealkylation sites (tertiary alicyclic amines) is 1. The normalized spacial score (nSPS) is 17.4. The van der Waals surface area contributed by atoms with Gasteiger partial charge in [0.2, 0.25) is 5.91 Å². The molecule has 0 aliphatic carbocycles. The number of rotatable bonds is 5. The maximum absolute atomic E-state index is 12.2. The number of amides is 2. The molecule has 1 atom stereocenters. The van der Waals surface area contributed by atoms with Crippen LogP contribution in [0.4, 0.5) is 4.79 Å². The van der Waals surface area contributed by atoms with Crippen molar-refractivity contribution in [3.8, 4) is 0 Å². The Kier molecular flexibility index (Phi) is 7.68. The maximum atomic E-state index is 12.2. The van der Waals surface area contributed by atoms with Gasteiger partial charge in [0.25, 0.3) is 0 Å². The largest absolute Gasteiger partial charge is 0.444 e. The summed E-state index contributed by atoms with van der Waals surface area (Å²) >= 11 is 1.66. The third-order valence-corrected chi connectivity index (χ3v) is 4.94. The zero-order valence-corrected chi connectivity index (χ0v) is 18.1. The van der Waals surface area contributed by atoms with E-state index in [0.29, 0.717) is 25.6 Å². The van der Waals surface area contributed by atoms with Gasteiger partial charge in [-0.2, -0.15) is 0 Å². The molecule has 28 heavy (non-hydrogen) atoms. The van der Waals surface area contributed by atoms with Crippen molar-refractivity contribution in [2.24, 2.45) is 4.99 Å². The molecule has 1 saturated heterocycles. The molecule has 2 amide bonds. The van der Waals surface area contributed by atoms with Crippen LogP contribution in [0.3, 0.4) is 0 Å². The third-order valence-electron chi connectivity index (χ3n) is 4.06. The molecule has 1 aromatic rings. The van der Waals surface area contributed by atoms with Gasteiger partial charge in [-0.05, 0) is 38.6 Å². The highest BCUT2D eigenvalue weighted by molar-refractivity contribution is 7.09. The van der Waals surface area contributed by atoms with E-state index < -0.39 is 5.60 Å². The van der Waals surface area contributed by atoms with Crippen LogP contribution in [-0.2, 0) is 16.1 Å². The molecule has 1 aliphatic heterocycles. The highest BCUT2D eigenvalue weighted by Gasteiger charge is 2.30. The van der Waals surface area contributed by atoms with Crippen molar-refractivity contribution < 1.29 is 14.3 Å². The second-order valence-electron chi connectivity index (χ2n) is 7.94. The van der Waals surface area contributed by atoms with Gasteiger partial charge in [-0.1, -0.05) is 6.07 Å². The van der Waals surface area contributed by atoms with Gasteiger partial charge in [-0.15, -0.1) is 11.3 Å². The standard InChI is InChI=1S/C19H31N5O3S/c1-19(2,3)27-18(26)24-9-8-14(13-24)22-17(21-12-16(25)23(4)5)20-11-15-7-6-10-28-15/h6-7,10,14H,8-9,11-13H2,1-5H3,(H2,20,21,22). The minimum Gasteiger partial charge on any atom is -0.444 e. The highest BCUT2D eigenvalue weighted by Crippen LogP contribution is 2.15. The lowest BCUT2D eigenvalue weighted by atomic mass is 10.2. The Morgan fingerprint density at radius 2 is 2.14 bits per heavy atom. The summed E-state index contributed by atoms with van der Waals surface area (Å²) < 4.78 is 5.44. The lowest BCUT2D eigenvalue weighted by Crippen LogP contribution is -2.45. The number of thiophene rings is 1. The Hall–Kier alpha value is -2.29. The molecule has 2 heterocycles. The second kappa shape index (κ2) is 9.77. The van der Waals surface area contributed by atoms with E-state index in [1.54, 1.807) is 30.3 Å². The van der Waals surface area contributed by atoms with Gasteiger partial charge in [0.15, 0.2) is 5.96 Å². The number of hydrogen-bond acceptors (Lipinski definition) is 5. The number of nitrogens with one attached hydrogen (secondary N) is 2. The van der Waals surface area contributed by atoms with Crippen LogP contribution < -0.4 is 10.6 Å². The van der Waals surface area contributed by atoms with Gasteiger partial charge in [0.05, 0.1) is 6.54 Å². The van der Waals surface area contributed by atoms with Crippen molar-refractivity contribution >= 4 is 29.3 Å².